The van der Waals surface area contributed by atoms with Gasteiger partial charge in [-0.3, -0.25) is 19.9 Å². The van der Waals surface area contributed by atoms with E-state index in [0.717, 1.165) is 35.6 Å². The second kappa shape index (κ2) is 10.0. The monoisotopic (exact) mass is 466 g/mol. The van der Waals surface area contributed by atoms with E-state index in [1.807, 2.05) is 36.9 Å². The van der Waals surface area contributed by atoms with Gasteiger partial charge in [-0.25, -0.2) is 0 Å². The van der Waals surface area contributed by atoms with Crippen LogP contribution in [0.15, 0.2) is 122 Å². The summed E-state index contributed by atoms with van der Waals surface area (Å²) < 4.78 is 0. The van der Waals surface area contributed by atoms with Crippen LogP contribution >= 0.6 is 0 Å². The van der Waals surface area contributed by atoms with Gasteiger partial charge in [-0.05, 0) is 60.0 Å². The zero-order valence-corrected chi connectivity index (χ0v) is 19.9. The Morgan fingerprint density at radius 1 is 0.472 bits per heavy atom. The third-order valence-electron chi connectivity index (χ3n) is 6.93. The van der Waals surface area contributed by atoms with Crippen molar-refractivity contribution in [2.45, 2.75) is 24.7 Å². The number of nitrogens with zero attached hydrogens (tertiary/aromatic N) is 4. The molecule has 6 aromatic rings. The molecular weight excluding hydrogens is 440 g/mol. The lowest BCUT2D eigenvalue weighted by molar-refractivity contribution is 0.505. The summed E-state index contributed by atoms with van der Waals surface area (Å²) in [5.41, 5.74) is 4.25. The van der Waals surface area contributed by atoms with Crippen LogP contribution in [0.4, 0.5) is 0 Å². The summed E-state index contributed by atoms with van der Waals surface area (Å²) in [4.78, 5) is 19.4. The van der Waals surface area contributed by atoms with Crippen molar-refractivity contribution in [2.24, 2.45) is 0 Å². The van der Waals surface area contributed by atoms with Gasteiger partial charge in [-0.2, -0.15) is 0 Å². The molecule has 0 bridgehead atoms. The van der Waals surface area contributed by atoms with Gasteiger partial charge in [0.1, 0.15) is 0 Å². The Kier molecular flexibility index (Phi) is 6.15. The Morgan fingerprint density at radius 2 is 1.14 bits per heavy atom. The minimum absolute atomic E-state index is 0.0571. The summed E-state index contributed by atoms with van der Waals surface area (Å²) in [5, 5.41) is 4.75. The molecule has 0 radical (unpaired) electrons. The Labute approximate surface area is 210 Å². The minimum Gasteiger partial charge on any atom is -0.261 e. The number of rotatable bonds is 7. The molecule has 0 fully saturated rings. The van der Waals surface area contributed by atoms with Gasteiger partial charge in [0.15, 0.2) is 0 Å². The molecule has 0 aliphatic heterocycles. The quantitative estimate of drug-likeness (QED) is 0.256. The molecule has 174 valence electrons. The Bertz CT molecular complexity index is 1590. The summed E-state index contributed by atoms with van der Waals surface area (Å²) in [7, 11) is 0. The first-order valence-electron chi connectivity index (χ1n) is 12.3. The molecule has 0 aliphatic carbocycles. The van der Waals surface area contributed by atoms with Crippen LogP contribution in [0.25, 0.3) is 21.5 Å². The van der Waals surface area contributed by atoms with E-state index in [-0.39, 0.29) is 11.8 Å². The fraction of sp³-hybridized carbons (Fsp3) is 0.125. The molecule has 0 aliphatic rings. The molecule has 2 atom stereocenters. The highest BCUT2D eigenvalue weighted by molar-refractivity contribution is 5.85. The molecule has 4 aromatic heterocycles. The fourth-order valence-corrected chi connectivity index (χ4v) is 5.21. The van der Waals surface area contributed by atoms with E-state index in [1.54, 1.807) is 0 Å². The highest BCUT2D eigenvalue weighted by atomic mass is 14.7. The van der Waals surface area contributed by atoms with E-state index >= 15 is 0 Å². The summed E-state index contributed by atoms with van der Waals surface area (Å²) >= 11 is 0. The lowest BCUT2D eigenvalue weighted by Crippen LogP contribution is -2.20. The summed E-state index contributed by atoms with van der Waals surface area (Å²) in [5.74, 6) is 0.117. The molecule has 36 heavy (non-hydrogen) atoms. The molecule has 4 nitrogen and oxygen atoms in total. The molecule has 0 saturated carbocycles. The number of benzene rings is 2. The highest BCUT2D eigenvalue weighted by Gasteiger charge is 2.30. The van der Waals surface area contributed by atoms with Crippen LogP contribution in [-0.2, 0) is 12.8 Å². The molecule has 0 saturated heterocycles. The van der Waals surface area contributed by atoms with Gasteiger partial charge in [-0.15, -0.1) is 0 Å². The number of pyridine rings is 4. The average molecular weight is 467 g/mol. The molecular formula is C32H26N4. The van der Waals surface area contributed by atoms with E-state index in [4.69, 9.17) is 19.9 Å². The van der Waals surface area contributed by atoms with Crippen molar-refractivity contribution in [2.75, 3.05) is 0 Å². The van der Waals surface area contributed by atoms with Crippen LogP contribution in [0.3, 0.4) is 0 Å². The van der Waals surface area contributed by atoms with Crippen LogP contribution in [0, 0.1) is 0 Å². The molecule has 4 heterocycles. The van der Waals surface area contributed by atoms with Gasteiger partial charge in [0.2, 0.25) is 0 Å². The zero-order valence-electron chi connectivity index (χ0n) is 19.9. The van der Waals surface area contributed by atoms with Crippen LogP contribution in [0.2, 0.25) is 0 Å². The smallest absolute Gasteiger partial charge is 0.0523 e. The SMILES string of the molecule is c1ccc(CC(c2nccc3ccccc23)C(Cc2nccc3ccccc23)c2ccccn2)nc1. The van der Waals surface area contributed by atoms with Gasteiger partial charge in [-0.1, -0.05) is 60.7 Å². The average Bonchev–Trinajstić information content (AvgIpc) is 2.96. The third kappa shape index (κ3) is 4.46. The van der Waals surface area contributed by atoms with E-state index in [1.165, 1.54) is 21.5 Å². The first-order chi connectivity index (χ1) is 17.9. The largest absolute Gasteiger partial charge is 0.261 e. The maximum atomic E-state index is 4.98. The Balaban J connectivity index is 1.54. The zero-order chi connectivity index (χ0) is 24.2. The minimum atomic E-state index is 0.0571. The second-order valence-electron chi connectivity index (χ2n) is 9.09. The van der Waals surface area contributed by atoms with Crippen LogP contribution < -0.4 is 0 Å². The third-order valence-corrected chi connectivity index (χ3v) is 6.93. The lowest BCUT2D eigenvalue weighted by Gasteiger charge is -2.28. The second-order valence-corrected chi connectivity index (χ2v) is 9.09. The predicted molar refractivity (Wildman–Crippen MR) is 145 cm³/mol. The van der Waals surface area contributed by atoms with Gasteiger partial charge >= 0.3 is 0 Å². The fourth-order valence-electron chi connectivity index (χ4n) is 5.21. The summed E-state index contributed by atoms with van der Waals surface area (Å²) in [6.07, 6.45) is 9.10. The molecule has 2 aromatic carbocycles. The molecule has 0 N–H and O–H groups in total. The maximum Gasteiger partial charge on any atom is 0.0523 e. The predicted octanol–water partition coefficient (Wildman–Crippen LogP) is 6.93. The van der Waals surface area contributed by atoms with Crippen molar-refractivity contribution in [3.8, 4) is 0 Å². The van der Waals surface area contributed by atoms with Crippen molar-refractivity contribution in [3.63, 3.8) is 0 Å². The topological polar surface area (TPSA) is 51.6 Å². The number of hydrogen-bond donors (Lipinski definition) is 0. The van der Waals surface area contributed by atoms with Gasteiger partial charge in [0.25, 0.3) is 0 Å². The van der Waals surface area contributed by atoms with Crippen molar-refractivity contribution in [3.05, 3.63) is 145 Å². The number of hydrogen-bond acceptors (Lipinski definition) is 4. The van der Waals surface area contributed by atoms with Crippen molar-refractivity contribution in [1.29, 1.82) is 0 Å². The van der Waals surface area contributed by atoms with Gasteiger partial charge < -0.3 is 0 Å². The van der Waals surface area contributed by atoms with Gasteiger partial charge in [0, 0.05) is 64.5 Å². The summed E-state index contributed by atoms with van der Waals surface area (Å²) in [6.45, 7) is 0. The molecule has 0 spiro atoms. The molecule has 6 rings (SSSR count). The van der Waals surface area contributed by atoms with Crippen LogP contribution in [0.1, 0.15) is 34.6 Å². The van der Waals surface area contributed by atoms with Crippen LogP contribution in [0.5, 0.6) is 0 Å². The molecule has 4 heteroatoms. The molecule has 0 amide bonds. The van der Waals surface area contributed by atoms with E-state index in [9.17, 15) is 0 Å². The first kappa shape index (κ1) is 22.1. The van der Waals surface area contributed by atoms with Gasteiger partial charge in [0.05, 0.1) is 5.69 Å². The van der Waals surface area contributed by atoms with E-state index in [2.05, 4.69) is 84.9 Å². The van der Waals surface area contributed by atoms with Crippen molar-refractivity contribution in [1.82, 2.24) is 19.9 Å². The Morgan fingerprint density at radius 3 is 1.89 bits per heavy atom. The standard InChI is InChI=1S/C32H26N4/c1-3-12-26-23(9-1)15-19-35-31(26)22-28(30-14-6-8-18-34-30)29(21-25-11-5-7-17-33-25)32-27-13-4-2-10-24(27)16-20-36-32/h1-20,28-29H,21-22H2. The maximum absolute atomic E-state index is 4.98. The Hall–Kier alpha value is -4.44. The molecule has 2 unspecified atom stereocenters. The number of fused-ring (bicyclic) bond motifs is 2. The normalized spacial score (nSPS) is 13.0. The summed E-state index contributed by atoms with van der Waals surface area (Å²) in [6, 6.07) is 33.4. The lowest BCUT2D eigenvalue weighted by atomic mass is 9.78. The van der Waals surface area contributed by atoms with E-state index < -0.39 is 0 Å². The van der Waals surface area contributed by atoms with Crippen LogP contribution in [-0.4, -0.2) is 19.9 Å². The van der Waals surface area contributed by atoms with Crippen molar-refractivity contribution >= 4 is 21.5 Å². The number of aromatic nitrogens is 4. The van der Waals surface area contributed by atoms with E-state index in [0.29, 0.717) is 0 Å². The van der Waals surface area contributed by atoms with Crippen molar-refractivity contribution < 1.29 is 0 Å². The highest BCUT2D eigenvalue weighted by Crippen LogP contribution is 2.39. The first-order valence-corrected chi connectivity index (χ1v) is 12.3.